The van der Waals surface area contributed by atoms with Gasteiger partial charge >= 0.3 is 0 Å². The van der Waals surface area contributed by atoms with Gasteiger partial charge in [-0.1, -0.05) is 231 Å². The summed E-state index contributed by atoms with van der Waals surface area (Å²) in [5.74, 6) is 4.77. The molecule has 4 fully saturated rings. The molecule has 4 saturated carbocycles. The van der Waals surface area contributed by atoms with E-state index in [4.69, 9.17) is 15.0 Å². The van der Waals surface area contributed by atoms with E-state index in [-0.39, 0.29) is 5.41 Å². The molecule has 11 aromatic carbocycles. The molecule has 4 bridgehead atoms. The Hall–Kier alpha value is -8.30. The van der Waals surface area contributed by atoms with Crippen molar-refractivity contribution in [3.8, 4) is 67.5 Å². The summed E-state index contributed by atoms with van der Waals surface area (Å²) in [5, 5.41) is 10.4. The first-order chi connectivity index (χ1) is 38.3. The predicted octanol–water partition coefficient (Wildman–Crippen LogP) is 18.5. The molecule has 4 nitrogen and oxygen atoms in total. The molecule has 0 amide bonds. The van der Waals surface area contributed by atoms with Crippen LogP contribution in [0.15, 0.2) is 231 Å². The number of nitrogens with zero attached hydrogens (tertiary/aromatic N) is 3. The Labute approximate surface area is 456 Å². The van der Waals surface area contributed by atoms with Crippen LogP contribution in [-0.4, -0.2) is 28.3 Å². The van der Waals surface area contributed by atoms with Crippen LogP contribution in [0.5, 0.6) is 0 Å². The highest BCUT2D eigenvalue weighted by atomic mass is 31.2. The Balaban J connectivity index is 0.862. The van der Waals surface area contributed by atoms with Crippen molar-refractivity contribution in [3.05, 3.63) is 242 Å². The van der Waals surface area contributed by atoms with E-state index in [2.05, 4.69) is 224 Å². The number of hydrogen-bond acceptors (Lipinski definition) is 4. The highest BCUT2D eigenvalue weighted by Gasteiger charge is 2.58. The van der Waals surface area contributed by atoms with E-state index in [1.807, 2.05) is 19.4 Å². The maximum absolute atomic E-state index is 13.1. The number of rotatable bonds is 9. The van der Waals surface area contributed by atoms with Gasteiger partial charge in [-0.15, -0.1) is 0 Å². The zero-order valence-electron chi connectivity index (χ0n) is 44.0. The Bertz CT molecular complexity index is 4210. The molecule has 0 unspecified atom stereocenters. The fraction of sp³-hybridized carbons (Fsp3) is 0.164. The normalized spacial score (nSPS) is 19.8. The number of aromatic nitrogens is 3. The van der Waals surface area contributed by atoms with Crippen molar-refractivity contribution < 1.29 is 4.57 Å². The fourth-order valence-corrected chi connectivity index (χ4v) is 16.1. The lowest BCUT2D eigenvalue weighted by atomic mass is 9.42. The molecular formula is C73H58N3OP. The Morgan fingerprint density at radius 3 is 1.00 bits per heavy atom. The lowest BCUT2D eigenvalue weighted by Gasteiger charge is -2.62. The van der Waals surface area contributed by atoms with E-state index in [1.165, 1.54) is 103 Å². The average Bonchev–Trinajstić information content (AvgIpc) is 3.59. The Morgan fingerprint density at radius 1 is 0.321 bits per heavy atom. The summed E-state index contributed by atoms with van der Waals surface area (Å²) in [6, 6.07) is 84.1. The lowest BCUT2D eigenvalue weighted by molar-refractivity contribution is -0.0418. The first kappa shape index (κ1) is 47.0. The second-order valence-electron chi connectivity index (χ2n) is 22.9. The molecule has 12 aromatic rings. The summed E-state index contributed by atoms with van der Waals surface area (Å²) < 4.78 is 13.1. The predicted molar refractivity (Wildman–Crippen MR) is 326 cm³/mol. The molecule has 0 aliphatic heterocycles. The van der Waals surface area contributed by atoms with Crippen LogP contribution in [0.2, 0.25) is 0 Å². The third-order valence-corrected chi connectivity index (χ3v) is 19.8. The molecule has 0 saturated heterocycles. The van der Waals surface area contributed by atoms with E-state index in [9.17, 15) is 4.57 Å². The smallest absolute Gasteiger partial charge is 0.165 e. The monoisotopic (exact) mass is 1020 g/mol. The first-order valence-corrected chi connectivity index (χ1v) is 30.5. The largest absolute Gasteiger partial charge is 0.319 e. The molecule has 0 spiro atoms. The van der Waals surface area contributed by atoms with Crippen LogP contribution in [-0.2, 0) is 9.98 Å². The standard InChI is InChI=1S/C73H58N3OP/c1-78(2,77)57-39-33-50(34-40-57)68-60-23-11-9-21-58(60)67(59-22-10-12-24-61(59)68)49-29-35-53(36-30-49)73(55-42-46-41-47(44-55)45-56(73)43-46)54-37-31-52(32-38-54)71-74-70(51-19-7-4-8-20-51)75-72(76-71)69-64-27-15-13-25-62(64)66(48-17-5-3-6-18-48)63-26-14-16-28-65(63)69/h3-40,46-47,55-56H,41-45H2,1-2H3. The summed E-state index contributed by atoms with van der Waals surface area (Å²) in [6.07, 6.45) is 6.52. The van der Waals surface area contributed by atoms with E-state index in [0.29, 0.717) is 29.3 Å². The highest BCUT2D eigenvalue weighted by molar-refractivity contribution is 7.70. The topological polar surface area (TPSA) is 55.7 Å². The summed E-state index contributed by atoms with van der Waals surface area (Å²) in [4.78, 5) is 16.1. The molecule has 4 aliphatic rings. The van der Waals surface area contributed by atoms with Crippen LogP contribution in [0.1, 0.15) is 43.2 Å². The zero-order valence-corrected chi connectivity index (χ0v) is 44.9. The number of benzene rings is 11. The maximum Gasteiger partial charge on any atom is 0.165 e. The van der Waals surface area contributed by atoms with E-state index >= 15 is 0 Å². The van der Waals surface area contributed by atoms with Crippen molar-refractivity contribution in [1.29, 1.82) is 0 Å². The lowest BCUT2D eigenvalue weighted by Crippen LogP contribution is -2.56. The van der Waals surface area contributed by atoms with Gasteiger partial charge in [0.1, 0.15) is 7.14 Å². The molecule has 1 heterocycles. The van der Waals surface area contributed by atoms with Crippen molar-refractivity contribution in [2.75, 3.05) is 13.3 Å². The third kappa shape index (κ3) is 7.55. The summed E-state index contributed by atoms with van der Waals surface area (Å²) in [6.45, 7) is 3.69. The third-order valence-electron chi connectivity index (χ3n) is 18.3. The van der Waals surface area contributed by atoms with Crippen molar-refractivity contribution >= 4 is 55.5 Å². The van der Waals surface area contributed by atoms with Gasteiger partial charge in [0.25, 0.3) is 0 Å². The highest BCUT2D eigenvalue weighted by Crippen LogP contribution is 2.65. The van der Waals surface area contributed by atoms with Gasteiger partial charge in [0.2, 0.25) is 0 Å². The average molecular weight is 1020 g/mol. The van der Waals surface area contributed by atoms with Crippen LogP contribution in [0, 0.1) is 23.7 Å². The summed E-state index contributed by atoms with van der Waals surface area (Å²) in [7, 11) is -2.39. The van der Waals surface area contributed by atoms with Crippen molar-refractivity contribution in [1.82, 2.24) is 15.0 Å². The van der Waals surface area contributed by atoms with Crippen molar-refractivity contribution in [2.45, 2.75) is 37.5 Å². The van der Waals surface area contributed by atoms with Gasteiger partial charge in [-0.05, 0) is 157 Å². The Kier molecular flexibility index (Phi) is 11.1. The van der Waals surface area contributed by atoms with E-state index in [0.717, 1.165) is 50.2 Å². The van der Waals surface area contributed by atoms with Gasteiger partial charge in [-0.2, -0.15) is 0 Å². The molecular weight excluding hydrogens is 966 g/mol. The van der Waals surface area contributed by atoms with E-state index < -0.39 is 7.14 Å². The molecule has 0 radical (unpaired) electrons. The van der Waals surface area contributed by atoms with Gasteiger partial charge in [-0.25, -0.2) is 15.0 Å². The fourth-order valence-electron chi connectivity index (χ4n) is 15.2. The molecule has 376 valence electrons. The minimum absolute atomic E-state index is 0.108. The quantitative estimate of drug-likeness (QED) is 0.107. The van der Waals surface area contributed by atoms with Gasteiger partial charge in [-0.3, -0.25) is 0 Å². The number of fused-ring (bicyclic) bond motifs is 4. The molecule has 5 heteroatoms. The molecule has 0 N–H and O–H groups in total. The number of hydrogen-bond donors (Lipinski definition) is 0. The Morgan fingerprint density at radius 2 is 0.615 bits per heavy atom. The van der Waals surface area contributed by atoms with Gasteiger partial charge in [0.15, 0.2) is 17.5 Å². The molecule has 16 rings (SSSR count). The van der Waals surface area contributed by atoms with Crippen LogP contribution < -0.4 is 5.30 Å². The van der Waals surface area contributed by atoms with Crippen LogP contribution in [0.3, 0.4) is 0 Å². The van der Waals surface area contributed by atoms with Gasteiger partial charge in [0.05, 0.1) is 0 Å². The summed E-state index contributed by atoms with van der Waals surface area (Å²) in [5.41, 5.74) is 13.0. The zero-order chi connectivity index (χ0) is 52.1. The SMILES string of the molecule is CP(C)(=O)c1ccc(-c2c3ccccc3c(-c3ccc(C4(c5ccc(-c6nc(-c7ccccc7)nc(-c7c8ccccc8c(-c8ccccc8)c8ccccc78)n6)cc5)C5CC6CC(C5)CC4C6)cc3)c3ccccc23)cc1. The van der Waals surface area contributed by atoms with Gasteiger partial charge in [0, 0.05) is 27.4 Å². The van der Waals surface area contributed by atoms with Crippen molar-refractivity contribution in [3.63, 3.8) is 0 Å². The molecule has 4 aliphatic carbocycles. The first-order valence-electron chi connectivity index (χ1n) is 27.9. The van der Waals surface area contributed by atoms with Crippen LogP contribution in [0.4, 0.5) is 0 Å². The minimum Gasteiger partial charge on any atom is -0.319 e. The maximum atomic E-state index is 13.1. The van der Waals surface area contributed by atoms with Gasteiger partial charge < -0.3 is 4.57 Å². The second kappa shape index (κ2) is 18.4. The minimum atomic E-state index is -2.39. The summed E-state index contributed by atoms with van der Waals surface area (Å²) >= 11 is 0. The molecule has 0 atom stereocenters. The van der Waals surface area contributed by atoms with Crippen LogP contribution >= 0.6 is 7.14 Å². The molecule has 78 heavy (non-hydrogen) atoms. The van der Waals surface area contributed by atoms with E-state index in [1.54, 1.807) is 0 Å². The van der Waals surface area contributed by atoms with Crippen LogP contribution in [0.25, 0.3) is 111 Å². The van der Waals surface area contributed by atoms with Crippen molar-refractivity contribution in [2.24, 2.45) is 23.7 Å². The molecule has 1 aromatic heterocycles. The second-order valence-corrected chi connectivity index (χ2v) is 26.2.